The second-order valence-electron chi connectivity index (χ2n) is 6.01. The Hall–Kier alpha value is -2.82. The third kappa shape index (κ3) is 2.42. The largest absolute Gasteiger partial charge is 0.494 e. The van der Waals surface area contributed by atoms with Crippen molar-refractivity contribution in [3.63, 3.8) is 0 Å². The molecule has 0 saturated heterocycles. The summed E-state index contributed by atoms with van der Waals surface area (Å²) < 4.78 is 10.8. The van der Waals surface area contributed by atoms with Crippen molar-refractivity contribution in [3.8, 4) is 5.75 Å². The van der Waals surface area contributed by atoms with Crippen LogP contribution in [-0.2, 0) is 4.79 Å². The molecule has 1 aliphatic rings. The van der Waals surface area contributed by atoms with Crippen LogP contribution in [0, 0.1) is 6.92 Å². The van der Waals surface area contributed by atoms with Crippen LogP contribution >= 0.6 is 0 Å². The molecule has 1 atom stereocenters. The third-order valence-electron chi connectivity index (χ3n) is 4.45. The molecule has 3 aromatic rings. The Labute approximate surface area is 139 Å². The van der Waals surface area contributed by atoms with E-state index in [2.05, 4.69) is 16.5 Å². The Balaban J connectivity index is 1.80. The second-order valence-corrected chi connectivity index (χ2v) is 6.01. The Morgan fingerprint density at radius 1 is 1.29 bits per heavy atom. The van der Waals surface area contributed by atoms with Gasteiger partial charge in [0.05, 0.1) is 12.3 Å². The van der Waals surface area contributed by atoms with E-state index in [1.807, 2.05) is 44.2 Å². The number of aryl methyl sites for hydroxylation is 1. The van der Waals surface area contributed by atoms with E-state index in [9.17, 15) is 4.79 Å². The molecule has 1 N–H and O–H groups in total. The molecule has 1 aromatic heterocycles. The van der Waals surface area contributed by atoms with Gasteiger partial charge in [0.1, 0.15) is 5.75 Å². The van der Waals surface area contributed by atoms with Gasteiger partial charge in [0.25, 0.3) is 0 Å². The van der Waals surface area contributed by atoms with Gasteiger partial charge in [-0.1, -0.05) is 17.3 Å². The van der Waals surface area contributed by atoms with Crippen LogP contribution in [0.5, 0.6) is 5.75 Å². The normalized spacial score (nSPS) is 16.8. The molecule has 2 aromatic carbocycles. The minimum atomic E-state index is 0.0168. The molecule has 0 aliphatic carbocycles. The molecule has 2 heterocycles. The van der Waals surface area contributed by atoms with Crippen LogP contribution in [0.3, 0.4) is 0 Å². The molecule has 0 saturated carbocycles. The first-order chi connectivity index (χ1) is 11.7. The van der Waals surface area contributed by atoms with Crippen molar-refractivity contribution in [2.24, 2.45) is 0 Å². The molecular formula is C19H18N2O3. The number of carbonyl (C=O) groups is 1. The van der Waals surface area contributed by atoms with Gasteiger partial charge in [-0.2, -0.15) is 0 Å². The maximum atomic E-state index is 12.2. The van der Waals surface area contributed by atoms with Gasteiger partial charge in [-0.05, 0) is 43.2 Å². The number of aromatic nitrogens is 1. The number of fused-ring (bicyclic) bond motifs is 2. The zero-order chi connectivity index (χ0) is 16.7. The van der Waals surface area contributed by atoms with Gasteiger partial charge < -0.3 is 14.6 Å². The first kappa shape index (κ1) is 14.8. The summed E-state index contributed by atoms with van der Waals surface area (Å²) in [5.74, 6) is 0.800. The van der Waals surface area contributed by atoms with E-state index < -0.39 is 0 Å². The molecule has 0 unspecified atom stereocenters. The zero-order valence-corrected chi connectivity index (χ0v) is 13.6. The lowest BCUT2D eigenvalue weighted by Gasteiger charge is -2.26. The molecular weight excluding hydrogens is 304 g/mol. The average Bonchev–Trinajstić information content (AvgIpc) is 2.95. The zero-order valence-electron chi connectivity index (χ0n) is 13.6. The summed E-state index contributed by atoms with van der Waals surface area (Å²) in [4.78, 5) is 12.2. The summed E-state index contributed by atoms with van der Waals surface area (Å²) in [6.07, 6.45) is 0.427. The molecule has 1 aliphatic heterocycles. The molecule has 0 spiro atoms. The predicted molar refractivity (Wildman–Crippen MR) is 91.4 cm³/mol. The van der Waals surface area contributed by atoms with E-state index in [0.717, 1.165) is 39.2 Å². The molecule has 0 radical (unpaired) electrons. The highest BCUT2D eigenvalue weighted by Crippen LogP contribution is 2.39. The lowest BCUT2D eigenvalue weighted by atomic mass is 9.84. The number of hydrogen-bond acceptors (Lipinski definition) is 4. The number of nitrogens with zero attached hydrogens (tertiary/aromatic N) is 1. The molecule has 0 fully saturated rings. The molecule has 122 valence electrons. The smallest absolute Gasteiger partial charge is 0.225 e. The molecule has 5 nitrogen and oxygen atoms in total. The van der Waals surface area contributed by atoms with E-state index in [1.165, 1.54) is 0 Å². The third-order valence-corrected chi connectivity index (χ3v) is 4.45. The van der Waals surface area contributed by atoms with E-state index in [-0.39, 0.29) is 11.8 Å². The number of anilines is 1. The average molecular weight is 322 g/mol. The van der Waals surface area contributed by atoms with Gasteiger partial charge in [0.2, 0.25) is 5.91 Å². The van der Waals surface area contributed by atoms with Gasteiger partial charge >= 0.3 is 0 Å². The van der Waals surface area contributed by atoms with Crippen molar-refractivity contribution < 1.29 is 14.1 Å². The Bertz CT molecular complexity index is 930. The molecule has 0 bridgehead atoms. The fraction of sp³-hybridized carbons (Fsp3) is 0.263. The first-order valence-corrected chi connectivity index (χ1v) is 8.08. The summed E-state index contributed by atoms with van der Waals surface area (Å²) in [6, 6.07) is 11.9. The Kier molecular flexibility index (Phi) is 3.49. The predicted octanol–water partition coefficient (Wildman–Crippen LogP) is 4.01. The highest BCUT2D eigenvalue weighted by molar-refractivity contribution is 5.96. The Morgan fingerprint density at radius 2 is 2.17 bits per heavy atom. The van der Waals surface area contributed by atoms with Crippen molar-refractivity contribution in [3.05, 3.63) is 53.2 Å². The SMILES string of the molecule is CCOc1ccc2c(c1)NC(=O)C[C@@H]2c1ccc2onc(C)c2c1. The minimum absolute atomic E-state index is 0.0168. The number of benzene rings is 2. The van der Waals surface area contributed by atoms with E-state index in [0.29, 0.717) is 13.0 Å². The van der Waals surface area contributed by atoms with Crippen molar-refractivity contribution in [2.45, 2.75) is 26.2 Å². The lowest BCUT2D eigenvalue weighted by molar-refractivity contribution is -0.116. The number of nitrogens with one attached hydrogen (secondary N) is 1. The number of amides is 1. The van der Waals surface area contributed by atoms with Crippen LogP contribution in [0.4, 0.5) is 5.69 Å². The fourth-order valence-electron chi connectivity index (χ4n) is 3.29. The van der Waals surface area contributed by atoms with Gasteiger partial charge in [-0.25, -0.2) is 0 Å². The maximum absolute atomic E-state index is 12.2. The summed E-state index contributed by atoms with van der Waals surface area (Å²) in [6.45, 7) is 4.46. The number of hydrogen-bond donors (Lipinski definition) is 1. The fourth-order valence-corrected chi connectivity index (χ4v) is 3.29. The van der Waals surface area contributed by atoms with Crippen LogP contribution in [-0.4, -0.2) is 17.7 Å². The van der Waals surface area contributed by atoms with E-state index >= 15 is 0 Å². The molecule has 5 heteroatoms. The molecule has 4 rings (SSSR count). The van der Waals surface area contributed by atoms with Crippen molar-refractivity contribution in [1.29, 1.82) is 0 Å². The van der Waals surface area contributed by atoms with Crippen LogP contribution < -0.4 is 10.1 Å². The van der Waals surface area contributed by atoms with Crippen molar-refractivity contribution >= 4 is 22.6 Å². The summed E-state index contributed by atoms with van der Waals surface area (Å²) in [5.41, 5.74) is 4.65. The second kappa shape index (κ2) is 5.67. The summed E-state index contributed by atoms with van der Waals surface area (Å²) in [5, 5.41) is 7.95. The number of carbonyl (C=O) groups excluding carboxylic acids is 1. The van der Waals surface area contributed by atoms with Crippen LogP contribution in [0.25, 0.3) is 11.0 Å². The van der Waals surface area contributed by atoms with Gasteiger partial charge in [0, 0.05) is 29.5 Å². The van der Waals surface area contributed by atoms with E-state index in [1.54, 1.807) is 0 Å². The van der Waals surface area contributed by atoms with Crippen LogP contribution in [0.1, 0.15) is 36.1 Å². The van der Waals surface area contributed by atoms with Gasteiger partial charge in [0.15, 0.2) is 5.58 Å². The summed E-state index contributed by atoms with van der Waals surface area (Å²) in [7, 11) is 0. The first-order valence-electron chi connectivity index (χ1n) is 8.08. The highest BCUT2D eigenvalue weighted by atomic mass is 16.5. The quantitative estimate of drug-likeness (QED) is 0.791. The standard InChI is InChI=1S/C19H18N2O3/c1-3-23-13-5-6-14-16(10-19(22)20-17(14)9-13)12-4-7-18-15(8-12)11(2)21-24-18/h4-9,16H,3,10H2,1-2H3,(H,20,22)/t16-/m1/s1. The van der Waals surface area contributed by atoms with Crippen LogP contribution in [0.15, 0.2) is 40.9 Å². The minimum Gasteiger partial charge on any atom is -0.494 e. The Morgan fingerprint density at radius 3 is 3.00 bits per heavy atom. The van der Waals surface area contributed by atoms with Gasteiger partial charge in [-0.15, -0.1) is 0 Å². The molecule has 1 amide bonds. The topological polar surface area (TPSA) is 64.4 Å². The van der Waals surface area contributed by atoms with Crippen molar-refractivity contribution in [2.75, 3.05) is 11.9 Å². The summed E-state index contributed by atoms with van der Waals surface area (Å²) >= 11 is 0. The van der Waals surface area contributed by atoms with Gasteiger partial charge in [-0.3, -0.25) is 4.79 Å². The molecule has 24 heavy (non-hydrogen) atoms. The number of rotatable bonds is 3. The highest BCUT2D eigenvalue weighted by Gasteiger charge is 2.27. The lowest BCUT2D eigenvalue weighted by Crippen LogP contribution is -2.23. The van der Waals surface area contributed by atoms with Crippen molar-refractivity contribution in [1.82, 2.24) is 5.16 Å². The van der Waals surface area contributed by atoms with Crippen LogP contribution in [0.2, 0.25) is 0 Å². The monoisotopic (exact) mass is 322 g/mol. The van der Waals surface area contributed by atoms with E-state index in [4.69, 9.17) is 9.26 Å². The maximum Gasteiger partial charge on any atom is 0.225 e. The number of ether oxygens (including phenoxy) is 1.